The second kappa shape index (κ2) is 8.65. The van der Waals surface area contributed by atoms with E-state index in [1.807, 2.05) is 85.1 Å². The maximum absolute atomic E-state index is 6.30. The third-order valence-electron chi connectivity index (χ3n) is 5.78. The molecule has 164 valence electrons. The zero-order valence-corrected chi connectivity index (χ0v) is 18.9. The van der Waals surface area contributed by atoms with Crippen molar-refractivity contribution >= 4 is 34.4 Å². The summed E-state index contributed by atoms with van der Waals surface area (Å²) in [6.07, 6.45) is 1.82. The minimum atomic E-state index is 0.263. The van der Waals surface area contributed by atoms with Crippen LogP contribution in [0.25, 0.3) is 33.3 Å². The first kappa shape index (κ1) is 20.5. The van der Waals surface area contributed by atoms with E-state index in [1.54, 1.807) is 0 Å². The van der Waals surface area contributed by atoms with Crippen LogP contribution in [0.3, 0.4) is 0 Å². The van der Waals surface area contributed by atoms with E-state index in [0.717, 1.165) is 56.0 Å². The third-order valence-corrected chi connectivity index (χ3v) is 6.01. The topological polar surface area (TPSA) is 43.7 Å². The van der Waals surface area contributed by atoms with Gasteiger partial charge in [-0.3, -0.25) is 4.99 Å². The fraction of sp³-hybridized carbons (Fsp3) is 0.0345. The van der Waals surface area contributed by atoms with Gasteiger partial charge in [0.2, 0.25) is 6.79 Å². The van der Waals surface area contributed by atoms with Gasteiger partial charge in [0.15, 0.2) is 11.5 Å². The largest absolute Gasteiger partial charge is 0.454 e. The highest BCUT2D eigenvalue weighted by Crippen LogP contribution is 2.34. The van der Waals surface area contributed by atoms with E-state index in [1.165, 1.54) is 0 Å². The maximum atomic E-state index is 6.30. The summed E-state index contributed by atoms with van der Waals surface area (Å²) in [5.74, 6) is 1.51. The highest BCUT2D eigenvalue weighted by molar-refractivity contribution is 6.31. The summed E-state index contributed by atoms with van der Waals surface area (Å²) in [6.45, 7) is 0.263. The summed E-state index contributed by atoms with van der Waals surface area (Å²) in [4.78, 5) is 9.51. The summed E-state index contributed by atoms with van der Waals surface area (Å²) >= 11 is 6.30. The molecule has 0 atom stereocenters. The Kier molecular flexibility index (Phi) is 5.21. The smallest absolute Gasteiger partial charge is 0.231 e. The lowest BCUT2D eigenvalue weighted by Crippen LogP contribution is -1.92. The number of halogens is 1. The molecule has 0 aliphatic carbocycles. The quantitative estimate of drug-likeness (QED) is 0.257. The molecule has 0 unspecified atom stereocenters. The molecule has 5 aromatic rings. The number of rotatable bonds is 4. The standard InChI is InChI=1S/C29H19ClN2O2/c30-22-9-12-26-25(15-22)24(20-4-2-1-3-5-20)16-27(32-26)21-7-10-23(11-8-21)31-17-19-6-13-28-29(14-19)34-18-33-28/h1-17H,18H2. The van der Waals surface area contributed by atoms with Gasteiger partial charge in [-0.1, -0.05) is 54.1 Å². The van der Waals surface area contributed by atoms with Gasteiger partial charge in [-0.15, -0.1) is 0 Å². The Morgan fingerprint density at radius 2 is 1.59 bits per heavy atom. The average Bonchev–Trinajstić information content (AvgIpc) is 3.36. The van der Waals surface area contributed by atoms with Gasteiger partial charge in [-0.05, 0) is 71.3 Å². The van der Waals surface area contributed by atoms with Gasteiger partial charge >= 0.3 is 0 Å². The summed E-state index contributed by atoms with van der Waals surface area (Å²) in [5.41, 5.74) is 6.88. The van der Waals surface area contributed by atoms with Crippen LogP contribution in [0.5, 0.6) is 11.5 Å². The molecular weight excluding hydrogens is 444 g/mol. The predicted molar refractivity (Wildman–Crippen MR) is 137 cm³/mol. The van der Waals surface area contributed by atoms with E-state index in [9.17, 15) is 0 Å². The zero-order valence-electron chi connectivity index (χ0n) is 18.1. The van der Waals surface area contributed by atoms with Crippen molar-refractivity contribution in [3.63, 3.8) is 0 Å². The van der Waals surface area contributed by atoms with Crippen LogP contribution in [0, 0.1) is 0 Å². The number of ether oxygens (including phenoxy) is 2. The van der Waals surface area contributed by atoms with Crippen LogP contribution in [-0.4, -0.2) is 18.0 Å². The molecule has 0 bridgehead atoms. The number of aliphatic imine (C=N–C) groups is 1. The molecule has 0 saturated heterocycles. The van der Waals surface area contributed by atoms with Crippen LogP contribution in [0.15, 0.2) is 102 Å². The second-order valence-corrected chi connectivity index (χ2v) is 8.44. The molecule has 2 heterocycles. The Morgan fingerprint density at radius 3 is 2.44 bits per heavy atom. The monoisotopic (exact) mass is 462 g/mol. The van der Waals surface area contributed by atoms with Crippen LogP contribution >= 0.6 is 11.6 Å². The van der Waals surface area contributed by atoms with E-state index >= 15 is 0 Å². The van der Waals surface area contributed by atoms with Crippen molar-refractivity contribution in [1.29, 1.82) is 0 Å². The molecule has 0 saturated carbocycles. The molecule has 1 aliphatic heterocycles. The normalized spacial score (nSPS) is 12.5. The van der Waals surface area contributed by atoms with Crippen LogP contribution in [0.4, 0.5) is 5.69 Å². The Labute approximate surface area is 202 Å². The van der Waals surface area contributed by atoms with Gasteiger partial charge in [-0.25, -0.2) is 4.98 Å². The molecule has 0 spiro atoms. The maximum Gasteiger partial charge on any atom is 0.231 e. The van der Waals surface area contributed by atoms with E-state index in [0.29, 0.717) is 5.02 Å². The van der Waals surface area contributed by atoms with Crippen molar-refractivity contribution in [2.24, 2.45) is 4.99 Å². The number of hydrogen-bond donors (Lipinski definition) is 0. The van der Waals surface area contributed by atoms with Gasteiger partial charge in [0, 0.05) is 22.2 Å². The lowest BCUT2D eigenvalue weighted by Gasteiger charge is -2.11. The fourth-order valence-electron chi connectivity index (χ4n) is 4.06. The van der Waals surface area contributed by atoms with E-state index < -0.39 is 0 Å². The number of nitrogens with zero attached hydrogens (tertiary/aromatic N) is 2. The summed E-state index contributed by atoms with van der Waals surface area (Å²) in [6, 6.07) is 32.1. The summed E-state index contributed by atoms with van der Waals surface area (Å²) in [7, 11) is 0. The first-order valence-electron chi connectivity index (χ1n) is 10.9. The molecule has 4 nitrogen and oxygen atoms in total. The molecule has 0 fully saturated rings. The van der Waals surface area contributed by atoms with Crippen LogP contribution in [0.2, 0.25) is 5.02 Å². The Bertz CT molecular complexity index is 1530. The number of benzene rings is 4. The Balaban J connectivity index is 1.33. The number of fused-ring (bicyclic) bond motifs is 2. The zero-order chi connectivity index (χ0) is 22.9. The fourth-order valence-corrected chi connectivity index (χ4v) is 4.24. The lowest BCUT2D eigenvalue weighted by atomic mass is 9.98. The van der Waals surface area contributed by atoms with E-state index in [4.69, 9.17) is 26.1 Å². The molecule has 34 heavy (non-hydrogen) atoms. The highest BCUT2D eigenvalue weighted by Gasteiger charge is 2.13. The number of hydrogen-bond acceptors (Lipinski definition) is 4. The van der Waals surface area contributed by atoms with Gasteiger partial charge in [0.05, 0.1) is 16.9 Å². The SMILES string of the molecule is Clc1ccc2nc(-c3ccc(N=Cc4ccc5c(c4)OCO5)cc3)cc(-c3ccccc3)c2c1. The third kappa shape index (κ3) is 4.00. The van der Waals surface area contributed by atoms with Crippen molar-refractivity contribution in [1.82, 2.24) is 4.98 Å². The van der Waals surface area contributed by atoms with E-state index in [-0.39, 0.29) is 6.79 Å². The highest BCUT2D eigenvalue weighted by atomic mass is 35.5. The Hall–Kier alpha value is -4.15. The molecule has 0 N–H and O–H groups in total. The number of pyridine rings is 1. The van der Waals surface area contributed by atoms with Crippen LogP contribution < -0.4 is 9.47 Å². The second-order valence-electron chi connectivity index (χ2n) is 8.00. The first-order valence-corrected chi connectivity index (χ1v) is 11.3. The van der Waals surface area contributed by atoms with E-state index in [2.05, 4.69) is 23.2 Å². The average molecular weight is 463 g/mol. The molecule has 1 aromatic heterocycles. The van der Waals surface area contributed by atoms with Crippen LogP contribution in [-0.2, 0) is 0 Å². The Morgan fingerprint density at radius 1 is 0.765 bits per heavy atom. The molecule has 4 aromatic carbocycles. The molecule has 5 heteroatoms. The van der Waals surface area contributed by atoms with Gasteiger partial charge in [0.1, 0.15) is 0 Å². The summed E-state index contributed by atoms with van der Waals surface area (Å²) in [5, 5.41) is 1.73. The predicted octanol–water partition coefficient (Wildman–Crippen LogP) is 7.70. The minimum absolute atomic E-state index is 0.263. The number of aromatic nitrogens is 1. The van der Waals surface area contributed by atoms with Gasteiger partial charge < -0.3 is 9.47 Å². The van der Waals surface area contributed by atoms with Gasteiger partial charge in [-0.2, -0.15) is 0 Å². The molecule has 1 aliphatic rings. The molecular formula is C29H19ClN2O2. The molecule has 0 radical (unpaired) electrons. The van der Waals surface area contributed by atoms with Crippen molar-refractivity contribution in [2.45, 2.75) is 0 Å². The summed E-state index contributed by atoms with van der Waals surface area (Å²) < 4.78 is 10.8. The van der Waals surface area contributed by atoms with Gasteiger partial charge in [0.25, 0.3) is 0 Å². The van der Waals surface area contributed by atoms with Crippen molar-refractivity contribution in [3.05, 3.63) is 108 Å². The van der Waals surface area contributed by atoms with Crippen molar-refractivity contribution < 1.29 is 9.47 Å². The first-order chi connectivity index (χ1) is 16.7. The molecule has 6 rings (SSSR count). The minimum Gasteiger partial charge on any atom is -0.454 e. The molecule has 0 amide bonds. The van der Waals surface area contributed by atoms with Crippen molar-refractivity contribution in [3.8, 4) is 33.9 Å². The van der Waals surface area contributed by atoms with Crippen LogP contribution in [0.1, 0.15) is 5.56 Å². The van der Waals surface area contributed by atoms with Crippen molar-refractivity contribution in [2.75, 3.05) is 6.79 Å². The lowest BCUT2D eigenvalue weighted by molar-refractivity contribution is 0.174.